The van der Waals surface area contributed by atoms with Crippen molar-refractivity contribution in [2.24, 2.45) is 11.3 Å². The van der Waals surface area contributed by atoms with E-state index in [0.717, 1.165) is 0 Å². The highest BCUT2D eigenvalue weighted by atomic mass is 32.1. The fourth-order valence-corrected chi connectivity index (χ4v) is 1.96. The molecule has 0 unspecified atom stereocenters. The lowest BCUT2D eigenvalue weighted by atomic mass is 9.76. The maximum atomic E-state index is 11.9. The molecule has 94 valence electrons. The Bertz CT molecular complexity index is 346. The van der Waals surface area contributed by atoms with Crippen LogP contribution >= 0.6 is 12.2 Å². The third-order valence-corrected chi connectivity index (χ3v) is 3.11. The van der Waals surface area contributed by atoms with E-state index >= 15 is 0 Å². The molecule has 1 aliphatic heterocycles. The van der Waals surface area contributed by atoms with E-state index in [9.17, 15) is 14.4 Å². The van der Waals surface area contributed by atoms with E-state index in [1.54, 1.807) is 0 Å². The maximum absolute atomic E-state index is 11.9. The molecular formula is C11H16N2O3S. The fourth-order valence-electron chi connectivity index (χ4n) is 1.77. The third kappa shape index (κ3) is 2.88. The first-order valence-corrected chi connectivity index (χ1v) is 5.93. The van der Waals surface area contributed by atoms with Gasteiger partial charge in [-0.05, 0) is 31.0 Å². The summed E-state index contributed by atoms with van der Waals surface area (Å²) in [6.45, 7) is 4.00. The lowest BCUT2D eigenvalue weighted by Gasteiger charge is -2.34. The molecule has 0 aromatic heterocycles. The Morgan fingerprint density at radius 1 is 1.29 bits per heavy atom. The first-order chi connectivity index (χ1) is 7.92. The minimum absolute atomic E-state index is 0.00562. The largest absolute Gasteiger partial charge is 0.303 e. The summed E-state index contributed by atoms with van der Waals surface area (Å²) >= 11 is 4.73. The smallest absolute Gasteiger partial charge is 0.242 e. The summed E-state index contributed by atoms with van der Waals surface area (Å²) in [6, 6.07) is 0. The predicted octanol–water partition coefficient (Wildman–Crippen LogP) is 0.529. The number of amides is 2. The SMILES string of the molecule is CC(C)CCC1(CC=O)C(=O)NC(=S)NC1=O. The number of aldehydes is 1. The van der Waals surface area contributed by atoms with Crippen LogP contribution in [0.3, 0.4) is 0 Å². The second-order valence-corrected chi connectivity index (χ2v) is 5.03. The molecule has 0 bridgehead atoms. The highest BCUT2D eigenvalue weighted by molar-refractivity contribution is 7.80. The number of rotatable bonds is 5. The molecule has 2 amide bonds. The van der Waals surface area contributed by atoms with Gasteiger partial charge in [0.1, 0.15) is 11.7 Å². The average molecular weight is 256 g/mol. The molecule has 0 aromatic carbocycles. The minimum atomic E-state index is -1.30. The van der Waals surface area contributed by atoms with Gasteiger partial charge in [-0.2, -0.15) is 0 Å². The maximum Gasteiger partial charge on any atom is 0.242 e. The van der Waals surface area contributed by atoms with Crippen LogP contribution in [0.5, 0.6) is 0 Å². The Labute approximate surface area is 105 Å². The number of carbonyl (C=O) groups excluding carboxylic acids is 3. The van der Waals surface area contributed by atoms with E-state index in [0.29, 0.717) is 25.0 Å². The van der Waals surface area contributed by atoms with Crippen LogP contribution in [0, 0.1) is 11.3 Å². The van der Waals surface area contributed by atoms with Gasteiger partial charge in [0, 0.05) is 6.42 Å². The normalized spacial score (nSPS) is 18.9. The molecule has 0 aromatic rings. The molecule has 1 fully saturated rings. The standard InChI is InChI=1S/C11H16N2O3S/c1-7(2)3-4-11(5-6-14)8(15)12-10(17)13-9(11)16/h6-7H,3-5H2,1-2H3,(H2,12,13,15,16,17). The molecule has 1 heterocycles. The van der Waals surface area contributed by atoms with Crippen molar-refractivity contribution in [3.05, 3.63) is 0 Å². The summed E-state index contributed by atoms with van der Waals surface area (Å²) in [4.78, 5) is 34.5. The fraction of sp³-hybridized carbons (Fsp3) is 0.636. The molecule has 0 atom stereocenters. The Hall–Kier alpha value is -1.30. The van der Waals surface area contributed by atoms with E-state index in [1.807, 2.05) is 13.8 Å². The summed E-state index contributed by atoms with van der Waals surface area (Å²) in [5, 5.41) is 4.83. The molecule has 17 heavy (non-hydrogen) atoms. The molecule has 5 nitrogen and oxygen atoms in total. The van der Waals surface area contributed by atoms with Gasteiger partial charge in [-0.1, -0.05) is 13.8 Å². The van der Waals surface area contributed by atoms with E-state index in [1.165, 1.54) is 0 Å². The van der Waals surface area contributed by atoms with Gasteiger partial charge in [0.25, 0.3) is 0 Å². The van der Waals surface area contributed by atoms with Crippen LogP contribution in [0.15, 0.2) is 0 Å². The number of hydrogen-bond acceptors (Lipinski definition) is 4. The molecule has 0 saturated carbocycles. The quantitative estimate of drug-likeness (QED) is 0.427. The summed E-state index contributed by atoms with van der Waals surface area (Å²) < 4.78 is 0. The van der Waals surface area contributed by atoms with Crippen LogP contribution in [-0.4, -0.2) is 23.2 Å². The number of hydrogen-bond donors (Lipinski definition) is 2. The van der Waals surface area contributed by atoms with Crippen molar-refractivity contribution in [2.45, 2.75) is 33.1 Å². The third-order valence-electron chi connectivity index (χ3n) is 2.90. The number of nitrogens with one attached hydrogen (secondary N) is 2. The molecule has 1 saturated heterocycles. The van der Waals surface area contributed by atoms with Gasteiger partial charge < -0.3 is 15.4 Å². The van der Waals surface area contributed by atoms with Crippen LogP contribution in [-0.2, 0) is 14.4 Å². The van der Waals surface area contributed by atoms with E-state index < -0.39 is 17.2 Å². The predicted molar refractivity (Wildman–Crippen MR) is 66.1 cm³/mol. The second kappa shape index (κ2) is 5.35. The molecule has 1 aliphatic rings. The zero-order valence-electron chi connectivity index (χ0n) is 9.91. The van der Waals surface area contributed by atoms with Crippen LogP contribution in [0.25, 0.3) is 0 Å². The van der Waals surface area contributed by atoms with Gasteiger partial charge in [0.15, 0.2) is 5.11 Å². The number of thiocarbonyl (C=S) groups is 1. The summed E-state index contributed by atoms with van der Waals surface area (Å²) in [5.74, 6) is -0.592. The first kappa shape index (κ1) is 13.8. The van der Waals surface area contributed by atoms with Crippen molar-refractivity contribution in [1.82, 2.24) is 10.6 Å². The van der Waals surface area contributed by atoms with E-state index in [-0.39, 0.29) is 11.5 Å². The Balaban J connectivity index is 2.95. The van der Waals surface area contributed by atoms with Crippen LogP contribution in [0.1, 0.15) is 33.1 Å². The number of carbonyl (C=O) groups is 3. The van der Waals surface area contributed by atoms with E-state index in [4.69, 9.17) is 12.2 Å². The molecule has 0 spiro atoms. The highest BCUT2D eigenvalue weighted by Crippen LogP contribution is 2.31. The summed E-state index contributed by atoms with van der Waals surface area (Å²) in [7, 11) is 0. The van der Waals surface area contributed by atoms with Gasteiger partial charge in [-0.3, -0.25) is 9.59 Å². The van der Waals surface area contributed by atoms with Gasteiger partial charge in [0.05, 0.1) is 0 Å². The Morgan fingerprint density at radius 2 is 1.82 bits per heavy atom. The van der Waals surface area contributed by atoms with Crippen molar-refractivity contribution < 1.29 is 14.4 Å². The van der Waals surface area contributed by atoms with Crippen molar-refractivity contribution in [2.75, 3.05) is 0 Å². The van der Waals surface area contributed by atoms with Crippen molar-refractivity contribution in [3.8, 4) is 0 Å². The average Bonchev–Trinajstić information content (AvgIpc) is 2.21. The van der Waals surface area contributed by atoms with Crippen molar-refractivity contribution in [1.29, 1.82) is 0 Å². The zero-order valence-corrected chi connectivity index (χ0v) is 10.7. The van der Waals surface area contributed by atoms with Crippen molar-refractivity contribution in [3.63, 3.8) is 0 Å². The molecule has 1 rings (SSSR count). The molecule has 0 aliphatic carbocycles. The molecule has 0 radical (unpaired) electrons. The van der Waals surface area contributed by atoms with Gasteiger partial charge >= 0.3 is 0 Å². The first-order valence-electron chi connectivity index (χ1n) is 5.53. The molecule has 2 N–H and O–H groups in total. The van der Waals surface area contributed by atoms with Crippen LogP contribution in [0.4, 0.5) is 0 Å². The lowest BCUT2D eigenvalue weighted by molar-refractivity contribution is -0.146. The minimum Gasteiger partial charge on any atom is -0.303 e. The summed E-state index contributed by atoms with van der Waals surface area (Å²) in [5.41, 5.74) is -1.30. The van der Waals surface area contributed by atoms with Crippen LogP contribution < -0.4 is 10.6 Å². The topological polar surface area (TPSA) is 75.3 Å². The second-order valence-electron chi connectivity index (χ2n) is 4.62. The highest BCUT2D eigenvalue weighted by Gasteiger charge is 2.48. The monoisotopic (exact) mass is 256 g/mol. The van der Waals surface area contributed by atoms with Crippen molar-refractivity contribution >= 4 is 35.4 Å². The van der Waals surface area contributed by atoms with Gasteiger partial charge in [-0.25, -0.2) is 0 Å². The Morgan fingerprint density at radius 3 is 2.24 bits per heavy atom. The molecular weight excluding hydrogens is 240 g/mol. The van der Waals surface area contributed by atoms with E-state index in [2.05, 4.69) is 10.6 Å². The van der Waals surface area contributed by atoms with Gasteiger partial charge in [-0.15, -0.1) is 0 Å². The summed E-state index contributed by atoms with van der Waals surface area (Å²) in [6.07, 6.45) is 1.54. The van der Waals surface area contributed by atoms with Gasteiger partial charge in [0.2, 0.25) is 11.8 Å². The lowest BCUT2D eigenvalue weighted by Crippen LogP contribution is -2.62. The molecule has 6 heteroatoms. The van der Waals surface area contributed by atoms with Crippen LogP contribution in [0.2, 0.25) is 0 Å². The Kier molecular flexibility index (Phi) is 4.34. The zero-order chi connectivity index (χ0) is 13.1.